The molecule has 5 atom stereocenters. The van der Waals surface area contributed by atoms with Crippen LogP contribution in [0.1, 0.15) is 12.8 Å². The van der Waals surface area contributed by atoms with Crippen molar-refractivity contribution in [3.8, 4) is 0 Å². The molecule has 0 spiro atoms. The summed E-state index contributed by atoms with van der Waals surface area (Å²) in [7, 11) is 0. The number of rotatable bonds is 5. The quantitative estimate of drug-likeness (QED) is 0.190. The molecule has 1 fully saturated rings. The van der Waals surface area contributed by atoms with Gasteiger partial charge in [-0.3, -0.25) is 9.79 Å². The van der Waals surface area contributed by atoms with Gasteiger partial charge >= 0.3 is 35.5 Å². The predicted molar refractivity (Wildman–Crippen MR) is 58.1 cm³/mol. The van der Waals surface area contributed by atoms with E-state index in [1.165, 1.54) is 0 Å². The van der Waals surface area contributed by atoms with Crippen LogP contribution in [0.15, 0.2) is 4.99 Å². The van der Waals surface area contributed by atoms with Gasteiger partial charge in [-0.25, -0.2) is 0 Å². The van der Waals surface area contributed by atoms with Crippen LogP contribution < -0.4 is 34.7 Å². The molecule has 0 aromatic rings. The van der Waals surface area contributed by atoms with Gasteiger partial charge in [-0.2, -0.15) is 0 Å². The minimum atomic E-state index is -1.66. The van der Waals surface area contributed by atoms with E-state index in [0.29, 0.717) is 0 Å². The Morgan fingerprint density at radius 3 is 2.30 bits per heavy atom. The Labute approximate surface area is 136 Å². The summed E-state index contributed by atoms with van der Waals surface area (Å²) in [5.41, 5.74) is 0. The predicted octanol–water partition coefficient (Wildman–Crippen LogP) is -6.59. The summed E-state index contributed by atoms with van der Waals surface area (Å²) in [5.74, 6) is -2.01. The normalized spacial score (nSPS) is 34.4. The molecule has 10 heteroatoms. The number of nitrogens with zero attached hydrogens (tertiary/aromatic N) is 1. The molecule has 110 valence electrons. The van der Waals surface area contributed by atoms with Crippen LogP contribution in [0.25, 0.3) is 0 Å². The van der Waals surface area contributed by atoms with Crippen molar-refractivity contribution in [1.82, 2.24) is 0 Å². The molecule has 1 rings (SSSR count). The number of ether oxygens (including phenoxy) is 1. The maximum absolute atomic E-state index is 11.3. The number of carboxylic acid groups (broad SMARTS) is 1. The molecule has 0 amide bonds. The average molecular weight is 301 g/mol. The smallest absolute Gasteiger partial charge is 0.862 e. The van der Waals surface area contributed by atoms with Crippen LogP contribution in [0.5, 0.6) is 0 Å². The van der Waals surface area contributed by atoms with Crippen LogP contribution in [0, 0.1) is 0 Å². The zero-order valence-electron chi connectivity index (χ0n) is 10.9. The third-order valence-electron chi connectivity index (χ3n) is 2.71. The van der Waals surface area contributed by atoms with Crippen molar-refractivity contribution in [2.45, 2.75) is 43.5 Å². The van der Waals surface area contributed by atoms with E-state index in [1.54, 1.807) is 0 Å². The van der Waals surface area contributed by atoms with Crippen molar-refractivity contribution in [3.05, 3.63) is 0 Å². The van der Waals surface area contributed by atoms with E-state index in [9.17, 15) is 25.2 Å². The third-order valence-corrected chi connectivity index (χ3v) is 2.71. The molecule has 0 radical (unpaired) electrons. The molecule has 0 unspecified atom stereocenters. The number of aliphatic hydroxyl groups excluding tert-OH is 4. The van der Waals surface area contributed by atoms with Crippen molar-refractivity contribution in [2.24, 2.45) is 4.99 Å². The second kappa shape index (κ2) is 8.90. The standard InChI is InChI=1S/C10H17NO8.Na/c12-3-4-8(16)9(17)7(10(18)19-4)11-5(13)1-2-6(14)15;/h4,7-10,12,16-18H,1-3H2,(H,11,13)(H,14,15);/q;+1/p-1/t4-,7-,8-,9-,10-;/m1./s1. The van der Waals surface area contributed by atoms with Gasteiger partial charge in [0.15, 0.2) is 6.29 Å². The van der Waals surface area contributed by atoms with Gasteiger partial charge in [-0.15, -0.1) is 0 Å². The number of aliphatic imine (C=N–C) groups is 1. The molecule has 5 N–H and O–H groups in total. The summed E-state index contributed by atoms with van der Waals surface area (Å²) >= 11 is 0. The van der Waals surface area contributed by atoms with Gasteiger partial charge in [0.25, 0.3) is 0 Å². The molecule has 1 saturated heterocycles. The first kappa shape index (κ1) is 19.7. The molecule has 1 aliphatic heterocycles. The van der Waals surface area contributed by atoms with Crippen molar-refractivity contribution < 1.29 is 69.7 Å². The van der Waals surface area contributed by atoms with Crippen LogP contribution in [0.3, 0.4) is 0 Å². The number of aliphatic carboxylic acids is 1. The Hall–Kier alpha value is -0.260. The molecular formula is C10H16NNaO8. The Morgan fingerprint density at radius 2 is 1.80 bits per heavy atom. The fourth-order valence-electron chi connectivity index (χ4n) is 1.67. The third kappa shape index (κ3) is 5.26. The summed E-state index contributed by atoms with van der Waals surface area (Å²) in [6, 6.07) is -1.42. The van der Waals surface area contributed by atoms with Gasteiger partial charge in [0.1, 0.15) is 24.4 Å². The first-order chi connectivity index (χ1) is 8.86. The summed E-state index contributed by atoms with van der Waals surface area (Å²) in [6.45, 7) is -0.616. The zero-order chi connectivity index (χ0) is 14.6. The van der Waals surface area contributed by atoms with E-state index in [-0.39, 0.29) is 36.0 Å². The number of carboxylic acids is 1. The Kier molecular flexibility index (Phi) is 8.79. The SMILES string of the molecule is O=C(O)CCC([O-])=N[C@@H]1[C@@H](O)[C@H](O)[C@@H](CO)O[C@H]1O.[Na+]. The molecule has 1 heterocycles. The maximum atomic E-state index is 11.3. The van der Waals surface area contributed by atoms with Crippen LogP contribution in [0.2, 0.25) is 0 Å². The van der Waals surface area contributed by atoms with Gasteiger partial charge in [0, 0.05) is 6.42 Å². The minimum Gasteiger partial charge on any atom is -0.862 e. The van der Waals surface area contributed by atoms with Gasteiger partial charge in [0.2, 0.25) is 0 Å². The summed E-state index contributed by atoms with van der Waals surface area (Å²) in [5, 5.41) is 57.3. The number of hydrogen-bond acceptors (Lipinski definition) is 8. The van der Waals surface area contributed by atoms with Crippen molar-refractivity contribution in [2.75, 3.05) is 6.61 Å². The van der Waals surface area contributed by atoms with Crippen LogP contribution in [-0.2, 0) is 9.53 Å². The number of carbonyl (C=O) groups is 1. The number of aliphatic hydroxyl groups is 4. The molecule has 0 aliphatic carbocycles. The fourth-order valence-corrected chi connectivity index (χ4v) is 1.67. The van der Waals surface area contributed by atoms with Crippen LogP contribution >= 0.6 is 0 Å². The number of hydrogen-bond donors (Lipinski definition) is 5. The Bertz CT molecular complexity index is 352. The summed E-state index contributed by atoms with van der Waals surface area (Å²) < 4.78 is 4.79. The van der Waals surface area contributed by atoms with Gasteiger partial charge < -0.3 is 35.4 Å². The van der Waals surface area contributed by atoms with E-state index in [0.717, 1.165) is 0 Å². The second-order valence-electron chi connectivity index (χ2n) is 4.14. The molecule has 9 nitrogen and oxygen atoms in total. The fraction of sp³-hybridized carbons (Fsp3) is 0.800. The molecule has 1 aliphatic rings. The summed E-state index contributed by atoms with van der Waals surface area (Å²) in [4.78, 5) is 13.7. The molecule has 20 heavy (non-hydrogen) atoms. The minimum absolute atomic E-state index is 0. The molecule has 0 saturated carbocycles. The molecule has 0 aromatic carbocycles. The van der Waals surface area contributed by atoms with Gasteiger partial charge in [-0.05, 0) is 12.3 Å². The van der Waals surface area contributed by atoms with Crippen molar-refractivity contribution in [1.29, 1.82) is 0 Å². The summed E-state index contributed by atoms with van der Waals surface area (Å²) in [6.07, 6.45) is -6.74. The first-order valence-electron chi connectivity index (χ1n) is 5.62. The maximum Gasteiger partial charge on any atom is 1.00 e. The van der Waals surface area contributed by atoms with E-state index in [2.05, 4.69) is 4.99 Å². The first-order valence-corrected chi connectivity index (χ1v) is 5.62. The van der Waals surface area contributed by atoms with Gasteiger partial charge in [-0.1, -0.05) is 0 Å². The second-order valence-corrected chi connectivity index (χ2v) is 4.14. The van der Waals surface area contributed by atoms with Gasteiger partial charge in [0.05, 0.1) is 6.61 Å². The average Bonchev–Trinajstić information content (AvgIpc) is 2.36. The topological polar surface area (TPSA) is 163 Å². The monoisotopic (exact) mass is 301 g/mol. The Morgan fingerprint density at radius 1 is 1.20 bits per heavy atom. The Balaban J connectivity index is 0.00000361. The van der Waals surface area contributed by atoms with E-state index >= 15 is 0 Å². The van der Waals surface area contributed by atoms with Crippen LogP contribution in [0.4, 0.5) is 0 Å². The largest absolute Gasteiger partial charge is 1.00 e. The molecular weight excluding hydrogens is 285 g/mol. The van der Waals surface area contributed by atoms with Crippen molar-refractivity contribution >= 4 is 11.9 Å². The van der Waals surface area contributed by atoms with Crippen molar-refractivity contribution in [3.63, 3.8) is 0 Å². The van der Waals surface area contributed by atoms with E-state index in [4.69, 9.17) is 14.9 Å². The van der Waals surface area contributed by atoms with E-state index in [1.807, 2.05) is 0 Å². The molecule has 0 aromatic heterocycles. The zero-order valence-corrected chi connectivity index (χ0v) is 12.9. The molecule has 0 bridgehead atoms. The van der Waals surface area contributed by atoms with E-state index < -0.39 is 55.5 Å². The van der Waals surface area contributed by atoms with Crippen LogP contribution in [-0.4, -0.2) is 74.7 Å².